The fraction of sp³-hybridized carbons (Fsp3) is 0.857. The lowest BCUT2D eigenvalue weighted by Crippen LogP contribution is -2.47. The molecule has 2 N–H and O–H groups in total. The molecule has 124 valence electrons. The van der Waals surface area contributed by atoms with E-state index < -0.39 is 0 Å². The number of thioether (sulfide) groups is 1. The van der Waals surface area contributed by atoms with Gasteiger partial charge in [0.1, 0.15) is 0 Å². The van der Waals surface area contributed by atoms with Crippen LogP contribution in [-0.4, -0.2) is 91.3 Å². The van der Waals surface area contributed by atoms with Crippen LogP contribution in [-0.2, 0) is 14.3 Å². The van der Waals surface area contributed by atoms with Crippen molar-refractivity contribution in [1.82, 2.24) is 20.4 Å². The van der Waals surface area contributed by atoms with Gasteiger partial charge in [-0.3, -0.25) is 19.8 Å². The SMILES string of the molecule is O=C(NC1CC(=O)N(CCN2CCOCC2)C1)C1CSCN1. The number of rotatable bonds is 5. The Bertz CT molecular complexity index is 411. The van der Waals surface area contributed by atoms with Crippen LogP contribution >= 0.6 is 11.8 Å². The van der Waals surface area contributed by atoms with E-state index >= 15 is 0 Å². The Morgan fingerprint density at radius 1 is 1.36 bits per heavy atom. The molecule has 7 nitrogen and oxygen atoms in total. The van der Waals surface area contributed by atoms with Crippen molar-refractivity contribution in [3.8, 4) is 0 Å². The zero-order chi connectivity index (χ0) is 15.4. The summed E-state index contributed by atoms with van der Waals surface area (Å²) in [6.07, 6.45) is 0.425. The van der Waals surface area contributed by atoms with E-state index in [1.807, 2.05) is 4.90 Å². The van der Waals surface area contributed by atoms with Gasteiger partial charge < -0.3 is 15.0 Å². The third-order valence-electron chi connectivity index (χ3n) is 4.38. The van der Waals surface area contributed by atoms with Crippen LogP contribution in [0.15, 0.2) is 0 Å². The first kappa shape index (κ1) is 16.0. The van der Waals surface area contributed by atoms with Crippen molar-refractivity contribution in [3.05, 3.63) is 0 Å². The summed E-state index contributed by atoms with van der Waals surface area (Å²) >= 11 is 1.73. The van der Waals surface area contributed by atoms with Crippen molar-refractivity contribution < 1.29 is 14.3 Å². The van der Waals surface area contributed by atoms with Crippen LogP contribution in [0.4, 0.5) is 0 Å². The maximum absolute atomic E-state index is 12.1. The number of nitrogens with zero attached hydrogens (tertiary/aromatic N) is 2. The molecule has 2 atom stereocenters. The average molecular weight is 328 g/mol. The molecule has 3 fully saturated rings. The third-order valence-corrected chi connectivity index (χ3v) is 5.32. The van der Waals surface area contributed by atoms with Crippen molar-refractivity contribution in [2.45, 2.75) is 18.5 Å². The van der Waals surface area contributed by atoms with E-state index in [-0.39, 0.29) is 23.9 Å². The van der Waals surface area contributed by atoms with E-state index in [2.05, 4.69) is 15.5 Å². The Kier molecular flexibility index (Phi) is 5.56. The zero-order valence-electron chi connectivity index (χ0n) is 12.8. The largest absolute Gasteiger partial charge is 0.379 e. The Balaban J connectivity index is 1.40. The monoisotopic (exact) mass is 328 g/mol. The molecule has 0 aliphatic carbocycles. The molecule has 3 rings (SSSR count). The maximum Gasteiger partial charge on any atom is 0.238 e. The van der Waals surface area contributed by atoms with Crippen LogP contribution in [0.5, 0.6) is 0 Å². The maximum atomic E-state index is 12.1. The highest BCUT2D eigenvalue weighted by Gasteiger charge is 2.32. The van der Waals surface area contributed by atoms with Crippen molar-refractivity contribution in [2.75, 3.05) is 57.6 Å². The first-order valence-electron chi connectivity index (χ1n) is 7.92. The third kappa shape index (κ3) is 4.13. The van der Waals surface area contributed by atoms with Gasteiger partial charge in [-0.05, 0) is 0 Å². The van der Waals surface area contributed by atoms with Crippen LogP contribution in [0, 0.1) is 0 Å². The minimum Gasteiger partial charge on any atom is -0.379 e. The van der Waals surface area contributed by atoms with Gasteiger partial charge in [-0.15, -0.1) is 11.8 Å². The Morgan fingerprint density at radius 3 is 2.91 bits per heavy atom. The number of carbonyl (C=O) groups excluding carboxylic acids is 2. The van der Waals surface area contributed by atoms with E-state index in [9.17, 15) is 9.59 Å². The molecule has 0 radical (unpaired) electrons. The van der Waals surface area contributed by atoms with Gasteiger partial charge in [0.2, 0.25) is 11.8 Å². The summed E-state index contributed by atoms with van der Waals surface area (Å²) in [6.45, 7) is 5.69. The summed E-state index contributed by atoms with van der Waals surface area (Å²) in [5.74, 6) is 1.81. The molecule has 22 heavy (non-hydrogen) atoms. The highest BCUT2D eigenvalue weighted by Crippen LogP contribution is 2.14. The molecule has 3 heterocycles. The number of likely N-dealkylation sites (tertiary alicyclic amines) is 1. The highest BCUT2D eigenvalue weighted by atomic mass is 32.2. The Hall–Kier alpha value is -0.830. The van der Waals surface area contributed by atoms with E-state index in [1.54, 1.807) is 11.8 Å². The topological polar surface area (TPSA) is 73.9 Å². The zero-order valence-corrected chi connectivity index (χ0v) is 13.6. The molecule has 3 saturated heterocycles. The van der Waals surface area contributed by atoms with Crippen molar-refractivity contribution in [2.24, 2.45) is 0 Å². The van der Waals surface area contributed by atoms with Crippen LogP contribution in [0.2, 0.25) is 0 Å². The molecule has 2 unspecified atom stereocenters. The van der Waals surface area contributed by atoms with Gasteiger partial charge in [-0.25, -0.2) is 0 Å². The molecule has 2 amide bonds. The van der Waals surface area contributed by atoms with Gasteiger partial charge in [-0.1, -0.05) is 0 Å². The second-order valence-electron chi connectivity index (χ2n) is 5.98. The van der Waals surface area contributed by atoms with E-state index in [1.165, 1.54) is 0 Å². The summed E-state index contributed by atoms with van der Waals surface area (Å²) in [7, 11) is 0. The van der Waals surface area contributed by atoms with Gasteiger partial charge in [0.05, 0.1) is 25.3 Å². The Morgan fingerprint density at radius 2 is 2.18 bits per heavy atom. The molecule has 0 aromatic rings. The molecule has 0 saturated carbocycles. The van der Waals surface area contributed by atoms with Gasteiger partial charge in [-0.2, -0.15) is 0 Å². The molecule has 3 aliphatic heterocycles. The van der Waals surface area contributed by atoms with Crippen LogP contribution < -0.4 is 10.6 Å². The second-order valence-corrected chi connectivity index (χ2v) is 7.01. The molecule has 0 bridgehead atoms. The fourth-order valence-corrected chi connectivity index (χ4v) is 3.98. The molecule has 8 heteroatoms. The summed E-state index contributed by atoms with van der Waals surface area (Å²) in [5.41, 5.74) is 0. The van der Waals surface area contributed by atoms with Crippen LogP contribution in [0.25, 0.3) is 0 Å². The van der Waals surface area contributed by atoms with E-state index in [4.69, 9.17) is 4.74 Å². The smallest absolute Gasteiger partial charge is 0.238 e. The average Bonchev–Trinajstić information content (AvgIpc) is 3.16. The van der Waals surface area contributed by atoms with Gasteiger partial charge in [0.15, 0.2) is 0 Å². The fourth-order valence-electron chi connectivity index (χ4n) is 3.04. The normalized spacial score (nSPS) is 30.0. The van der Waals surface area contributed by atoms with Gasteiger partial charge in [0, 0.05) is 50.8 Å². The lowest BCUT2D eigenvalue weighted by molar-refractivity contribution is -0.128. The number of amides is 2. The van der Waals surface area contributed by atoms with Crippen LogP contribution in [0.1, 0.15) is 6.42 Å². The van der Waals surface area contributed by atoms with Crippen LogP contribution in [0.3, 0.4) is 0 Å². The van der Waals surface area contributed by atoms with Gasteiger partial charge >= 0.3 is 0 Å². The lowest BCUT2D eigenvalue weighted by Gasteiger charge is -2.28. The molecule has 0 spiro atoms. The number of ether oxygens (including phenoxy) is 1. The predicted molar refractivity (Wildman–Crippen MR) is 84.6 cm³/mol. The van der Waals surface area contributed by atoms with Crippen molar-refractivity contribution in [3.63, 3.8) is 0 Å². The lowest BCUT2D eigenvalue weighted by atomic mass is 10.2. The second kappa shape index (κ2) is 7.63. The molecule has 0 aromatic heterocycles. The number of hydrogen-bond acceptors (Lipinski definition) is 6. The number of nitrogens with one attached hydrogen (secondary N) is 2. The van der Waals surface area contributed by atoms with Gasteiger partial charge in [0.25, 0.3) is 0 Å². The molecule has 0 aromatic carbocycles. The first-order chi connectivity index (χ1) is 10.7. The summed E-state index contributed by atoms with van der Waals surface area (Å²) in [4.78, 5) is 28.3. The summed E-state index contributed by atoms with van der Waals surface area (Å²) in [5, 5.41) is 6.16. The first-order valence-corrected chi connectivity index (χ1v) is 9.07. The standard InChI is InChI=1S/C14H24N4O3S/c19-13-7-11(16-14(20)12-9-22-10-15-12)8-18(13)2-1-17-3-5-21-6-4-17/h11-12,15H,1-10H2,(H,16,20). The number of hydrogen-bond donors (Lipinski definition) is 2. The van der Waals surface area contributed by atoms with E-state index in [0.29, 0.717) is 13.0 Å². The van der Waals surface area contributed by atoms with E-state index in [0.717, 1.165) is 51.0 Å². The number of carbonyl (C=O) groups is 2. The van der Waals surface area contributed by atoms with Crippen molar-refractivity contribution >= 4 is 23.6 Å². The minimum atomic E-state index is -0.109. The minimum absolute atomic E-state index is 0.0258. The highest BCUT2D eigenvalue weighted by molar-refractivity contribution is 7.99. The summed E-state index contributed by atoms with van der Waals surface area (Å²) < 4.78 is 5.32. The molecular formula is C14H24N4O3S. The van der Waals surface area contributed by atoms with Crippen molar-refractivity contribution in [1.29, 1.82) is 0 Å². The predicted octanol–water partition coefficient (Wildman–Crippen LogP) is -1.30. The quantitative estimate of drug-likeness (QED) is 0.653. The molecule has 3 aliphatic rings. The summed E-state index contributed by atoms with van der Waals surface area (Å²) in [6, 6.07) is -0.153. The molecular weight excluding hydrogens is 304 g/mol. The Labute approximate surface area is 135 Å². The number of morpholine rings is 1.